The van der Waals surface area contributed by atoms with Crippen LogP contribution in [0.25, 0.3) is 0 Å². The average Bonchev–Trinajstić information content (AvgIpc) is 3.02. The molecule has 0 aliphatic carbocycles. The maximum Gasteiger partial charge on any atom is 0.408 e. The second kappa shape index (κ2) is 8.71. The first kappa shape index (κ1) is 19.8. The molecule has 0 saturated heterocycles. The minimum Gasteiger partial charge on any atom is -0.497 e. The summed E-state index contributed by atoms with van der Waals surface area (Å²) in [7, 11) is 1.62. The molecule has 1 aromatic heterocycles. The highest BCUT2D eigenvalue weighted by atomic mass is 16.6. The van der Waals surface area contributed by atoms with E-state index < -0.39 is 17.7 Å². The summed E-state index contributed by atoms with van der Waals surface area (Å²) in [6.07, 6.45) is 1.22. The van der Waals surface area contributed by atoms with Gasteiger partial charge in [0.25, 0.3) is 0 Å². The van der Waals surface area contributed by atoms with Gasteiger partial charge in [0.15, 0.2) is 6.10 Å². The number of carbonyl (C=O) groups is 1. The Hall–Kier alpha value is -2.54. The third kappa shape index (κ3) is 6.07. The number of aliphatic hydroxyl groups is 1. The lowest BCUT2D eigenvalue weighted by molar-refractivity contribution is 0.0883. The van der Waals surface area contributed by atoms with Crippen molar-refractivity contribution in [3.63, 3.8) is 0 Å². The maximum absolute atomic E-state index is 12.2. The number of ether oxygens (including phenoxy) is 2. The Morgan fingerprint density at radius 3 is 2.54 bits per heavy atom. The van der Waals surface area contributed by atoms with Crippen LogP contribution in [-0.2, 0) is 17.7 Å². The van der Waals surface area contributed by atoms with Gasteiger partial charge in [0.05, 0.1) is 20.3 Å². The quantitative estimate of drug-likeness (QED) is 0.792. The number of nitrogens with one attached hydrogen (secondary N) is 1. The molecule has 1 amide bonds. The van der Waals surface area contributed by atoms with Gasteiger partial charge in [-0.15, -0.1) is 0 Å². The molecule has 0 unspecified atom stereocenters. The highest BCUT2D eigenvalue weighted by molar-refractivity contribution is 5.68. The van der Waals surface area contributed by atoms with Crippen molar-refractivity contribution in [3.05, 3.63) is 47.8 Å². The van der Waals surface area contributed by atoms with Crippen molar-refractivity contribution < 1.29 is 19.4 Å². The van der Waals surface area contributed by atoms with Gasteiger partial charge < -0.3 is 19.9 Å². The van der Waals surface area contributed by atoms with E-state index in [9.17, 15) is 4.79 Å². The molecule has 0 fully saturated rings. The van der Waals surface area contributed by atoms with Gasteiger partial charge in [0, 0.05) is 18.2 Å². The molecular weight excluding hydrogens is 334 g/mol. The summed E-state index contributed by atoms with van der Waals surface area (Å²) in [4.78, 5) is 12.2. The van der Waals surface area contributed by atoms with Crippen LogP contribution < -0.4 is 10.1 Å². The molecule has 142 valence electrons. The van der Waals surface area contributed by atoms with E-state index in [1.807, 2.05) is 45.0 Å². The lowest BCUT2D eigenvalue weighted by Gasteiger charge is -2.23. The number of amides is 1. The Kier molecular flexibility index (Phi) is 6.63. The Labute approximate surface area is 153 Å². The van der Waals surface area contributed by atoms with Crippen molar-refractivity contribution in [1.29, 1.82) is 0 Å². The van der Waals surface area contributed by atoms with Crippen molar-refractivity contribution in [3.8, 4) is 5.75 Å². The summed E-state index contributed by atoms with van der Waals surface area (Å²) in [5.41, 5.74) is 1.24. The highest BCUT2D eigenvalue weighted by Crippen LogP contribution is 2.23. The van der Waals surface area contributed by atoms with E-state index in [2.05, 4.69) is 10.4 Å². The molecule has 1 heterocycles. The van der Waals surface area contributed by atoms with Gasteiger partial charge in [-0.3, -0.25) is 4.68 Å². The Morgan fingerprint density at radius 1 is 1.27 bits per heavy atom. The molecule has 2 rings (SSSR count). The van der Waals surface area contributed by atoms with Gasteiger partial charge >= 0.3 is 6.09 Å². The van der Waals surface area contributed by atoms with Crippen LogP contribution in [0, 0.1) is 0 Å². The average molecular weight is 361 g/mol. The van der Waals surface area contributed by atoms with Crippen LogP contribution in [-0.4, -0.2) is 40.2 Å². The minimum absolute atomic E-state index is 0.00433. The number of hydrogen-bond donors (Lipinski definition) is 2. The standard InChI is InChI=1S/C19H27N3O4/c1-19(2,3)20-18(24)26-17(16-9-10-22(21-16)11-12-23)13-14-5-7-15(25-4)8-6-14/h5-10,17,23H,11-13H2,1-4H3,(H,20,24)/t17-/m0/s1. The zero-order valence-electron chi connectivity index (χ0n) is 15.7. The normalized spacial score (nSPS) is 12.5. The lowest BCUT2D eigenvalue weighted by Crippen LogP contribution is -2.41. The van der Waals surface area contributed by atoms with Gasteiger partial charge in [-0.05, 0) is 44.5 Å². The van der Waals surface area contributed by atoms with E-state index >= 15 is 0 Å². The molecule has 0 saturated carbocycles. The SMILES string of the molecule is COc1ccc(C[C@H](OC(=O)NC(C)(C)C)c2ccn(CCO)n2)cc1. The highest BCUT2D eigenvalue weighted by Gasteiger charge is 2.23. The first-order valence-electron chi connectivity index (χ1n) is 8.56. The summed E-state index contributed by atoms with van der Waals surface area (Å²) < 4.78 is 12.4. The number of hydrogen-bond acceptors (Lipinski definition) is 5. The van der Waals surface area contributed by atoms with Crippen molar-refractivity contribution in [2.45, 2.75) is 45.4 Å². The van der Waals surface area contributed by atoms with Gasteiger partial charge in [-0.25, -0.2) is 4.79 Å². The first-order valence-corrected chi connectivity index (χ1v) is 8.56. The van der Waals surface area contributed by atoms with Crippen LogP contribution in [0.5, 0.6) is 5.75 Å². The van der Waals surface area contributed by atoms with Gasteiger partial charge in [-0.1, -0.05) is 12.1 Å². The molecule has 7 nitrogen and oxygen atoms in total. The topological polar surface area (TPSA) is 85.6 Å². The predicted octanol–water partition coefficient (Wildman–Crippen LogP) is 2.69. The zero-order chi connectivity index (χ0) is 19.2. The molecular formula is C19H27N3O4. The Bertz CT molecular complexity index is 704. The lowest BCUT2D eigenvalue weighted by atomic mass is 10.1. The molecule has 7 heteroatoms. The smallest absolute Gasteiger partial charge is 0.408 e. The molecule has 1 atom stereocenters. The van der Waals surface area contributed by atoms with E-state index in [0.717, 1.165) is 11.3 Å². The fraction of sp³-hybridized carbons (Fsp3) is 0.474. The third-order valence-corrected chi connectivity index (χ3v) is 3.63. The number of alkyl carbamates (subject to hydrolysis) is 1. The van der Waals surface area contributed by atoms with E-state index in [1.165, 1.54) is 0 Å². The summed E-state index contributed by atoms with van der Waals surface area (Å²) >= 11 is 0. The number of carbonyl (C=O) groups excluding carboxylic acids is 1. The molecule has 0 radical (unpaired) electrons. The van der Waals surface area contributed by atoms with E-state index in [0.29, 0.717) is 18.7 Å². The minimum atomic E-state index is -0.536. The van der Waals surface area contributed by atoms with Crippen LogP contribution in [0.4, 0.5) is 4.79 Å². The van der Waals surface area contributed by atoms with Crippen LogP contribution in [0.3, 0.4) is 0 Å². The van der Waals surface area contributed by atoms with E-state index in [4.69, 9.17) is 14.6 Å². The van der Waals surface area contributed by atoms with Gasteiger partial charge in [0.1, 0.15) is 11.4 Å². The molecule has 0 spiro atoms. The summed E-state index contributed by atoms with van der Waals surface area (Å²) in [5, 5.41) is 16.3. The fourth-order valence-corrected chi connectivity index (χ4v) is 2.42. The molecule has 2 N–H and O–H groups in total. The number of aromatic nitrogens is 2. The first-order chi connectivity index (χ1) is 12.3. The summed E-state index contributed by atoms with van der Waals surface area (Å²) in [5.74, 6) is 0.768. The van der Waals surface area contributed by atoms with Crippen LogP contribution in [0.1, 0.15) is 38.1 Å². The second-order valence-corrected chi connectivity index (χ2v) is 7.05. The molecule has 2 aromatic rings. The molecule has 0 bridgehead atoms. The number of aliphatic hydroxyl groups excluding tert-OH is 1. The van der Waals surface area contributed by atoms with Crippen molar-refractivity contribution in [2.24, 2.45) is 0 Å². The molecule has 0 aliphatic heterocycles. The molecule has 26 heavy (non-hydrogen) atoms. The van der Waals surface area contributed by atoms with Crippen molar-refractivity contribution in [2.75, 3.05) is 13.7 Å². The van der Waals surface area contributed by atoms with Crippen molar-refractivity contribution >= 4 is 6.09 Å². The number of benzene rings is 1. The van der Waals surface area contributed by atoms with Crippen molar-refractivity contribution in [1.82, 2.24) is 15.1 Å². The Morgan fingerprint density at radius 2 is 1.96 bits per heavy atom. The summed E-state index contributed by atoms with van der Waals surface area (Å²) in [6, 6.07) is 9.40. The van der Waals surface area contributed by atoms with Gasteiger partial charge in [-0.2, -0.15) is 5.10 Å². The Balaban J connectivity index is 2.17. The zero-order valence-corrected chi connectivity index (χ0v) is 15.7. The molecule has 1 aromatic carbocycles. The van der Waals surface area contributed by atoms with Crippen LogP contribution in [0.2, 0.25) is 0 Å². The predicted molar refractivity (Wildman–Crippen MR) is 98.1 cm³/mol. The number of methoxy groups -OCH3 is 1. The second-order valence-electron chi connectivity index (χ2n) is 7.05. The summed E-state index contributed by atoms with van der Waals surface area (Å²) in [6.45, 7) is 6.06. The maximum atomic E-state index is 12.2. The monoisotopic (exact) mass is 361 g/mol. The fourth-order valence-electron chi connectivity index (χ4n) is 2.42. The van der Waals surface area contributed by atoms with E-state index in [-0.39, 0.29) is 6.61 Å². The third-order valence-electron chi connectivity index (χ3n) is 3.63. The largest absolute Gasteiger partial charge is 0.497 e. The van der Waals surface area contributed by atoms with Crippen LogP contribution >= 0.6 is 0 Å². The van der Waals surface area contributed by atoms with Gasteiger partial charge in [0.2, 0.25) is 0 Å². The van der Waals surface area contributed by atoms with E-state index in [1.54, 1.807) is 24.1 Å². The number of nitrogens with zero attached hydrogens (tertiary/aromatic N) is 2. The number of rotatable bonds is 7. The molecule has 0 aliphatic rings. The van der Waals surface area contributed by atoms with Crippen LogP contribution in [0.15, 0.2) is 36.5 Å².